The largest absolute Gasteiger partial charge is 0.491 e. The van der Waals surface area contributed by atoms with Gasteiger partial charge < -0.3 is 9.72 Å². The summed E-state index contributed by atoms with van der Waals surface area (Å²) in [6.45, 7) is 3.93. The molecular formula is C25H24N4O3S. The number of H-pyrrole nitrogens is 1. The molecule has 1 N–H and O–H groups in total. The third-order valence-electron chi connectivity index (χ3n) is 5.51. The molecule has 0 saturated heterocycles. The molecule has 168 valence electrons. The van der Waals surface area contributed by atoms with E-state index in [2.05, 4.69) is 20.4 Å². The van der Waals surface area contributed by atoms with Crippen molar-refractivity contribution in [3.8, 4) is 5.75 Å². The number of aromatic nitrogens is 2. The maximum atomic E-state index is 13.0. The average Bonchev–Trinajstić information content (AvgIpc) is 3.20. The van der Waals surface area contributed by atoms with Gasteiger partial charge >= 0.3 is 0 Å². The fourth-order valence-electron chi connectivity index (χ4n) is 4.12. The lowest BCUT2D eigenvalue weighted by atomic mass is 10.1. The number of hydrogen-bond donors (Lipinski definition) is 1. The monoisotopic (exact) mass is 460 g/mol. The second kappa shape index (κ2) is 8.37. The van der Waals surface area contributed by atoms with Gasteiger partial charge in [-0.3, -0.25) is 9.88 Å². The van der Waals surface area contributed by atoms with E-state index < -0.39 is 10.0 Å². The van der Waals surface area contributed by atoms with Crippen LogP contribution in [0.15, 0.2) is 82.5 Å². The quantitative estimate of drug-likeness (QED) is 0.426. The van der Waals surface area contributed by atoms with E-state index in [-0.39, 0.29) is 11.0 Å². The molecule has 0 atom stereocenters. The van der Waals surface area contributed by atoms with Crippen LogP contribution in [0.25, 0.3) is 10.9 Å². The lowest BCUT2D eigenvalue weighted by molar-refractivity contribution is 0.242. The van der Waals surface area contributed by atoms with Gasteiger partial charge in [0.25, 0.3) is 10.0 Å². The zero-order chi connectivity index (χ0) is 23.0. The number of nitrogens with zero attached hydrogens (tertiary/aromatic N) is 3. The predicted molar refractivity (Wildman–Crippen MR) is 130 cm³/mol. The molecule has 0 aliphatic carbocycles. The number of para-hydroxylation sites is 1. The van der Waals surface area contributed by atoms with E-state index in [9.17, 15) is 8.42 Å². The zero-order valence-corrected chi connectivity index (χ0v) is 19.2. The average molecular weight is 461 g/mol. The molecule has 2 aromatic heterocycles. The number of pyridine rings is 1. The van der Waals surface area contributed by atoms with Gasteiger partial charge in [-0.05, 0) is 50.1 Å². The van der Waals surface area contributed by atoms with Crippen LogP contribution < -0.4 is 9.64 Å². The number of aryl methyl sites for hydroxylation is 1. The van der Waals surface area contributed by atoms with Crippen LogP contribution in [0.3, 0.4) is 0 Å². The van der Waals surface area contributed by atoms with Crippen molar-refractivity contribution in [2.24, 2.45) is 4.40 Å². The molecule has 33 heavy (non-hydrogen) atoms. The van der Waals surface area contributed by atoms with E-state index >= 15 is 0 Å². The SMILES string of the molecule is CC(C)Oc1cccc(N2C(CCc3c[nH]c4ccccc34)=NS(=O)(=O)c3cnccc32)c1. The lowest BCUT2D eigenvalue weighted by Crippen LogP contribution is -2.32. The minimum Gasteiger partial charge on any atom is -0.491 e. The summed E-state index contributed by atoms with van der Waals surface area (Å²) in [5.74, 6) is 1.17. The van der Waals surface area contributed by atoms with Crippen LogP contribution in [-0.4, -0.2) is 30.3 Å². The summed E-state index contributed by atoms with van der Waals surface area (Å²) in [5, 5.41) is 1.13. The van der Waals surface area contributed by atoms with E-state index in [4.69, 9.17) is 4.74 Å². The van der Waals surface area contributed by atoms with Gasteiger partial charge in [-0.15, -0.1) is 4.40 Å². The van der Waals surface area contributed by atoms with Gasteiger partial charge in [0, 0.05) is 42.0 Å². The first-order valence-electron chi connectivity index (χ1n) is 10.8. The van der Waals surface area contributed by atoms with Gasteiger partial charge in [0.05, 0.1) is 17.5 Å². The van der Waals surface area contributed by atoms with E-state index in [0.717, 1.165) is 22.2 Å². The summed E-state index contributed by atoms with van der Waals surface area (Å²) in [5.41, 5.74) is 3.49. The van der Waals surface area contributed by atoms with E-state index in [1.165, 1.54) is 6.20 Å². The smallest absolute Gasteiger partial charge is 0.287 e. The van der Waals surface area contributed by atoms with Crippen LogP contribution in [0.5, 0.6) is 5.75 Å². The highest BCUT2D eigenvalue weighted by molar-refractivity contribution is 7.90. The van der Waals surface area contributed by atoms with Crippen LogP contribution in [-0.2, 0) is 16.4 Å². The normalized spacial score (nSPS) is 14.9. The highest BCUT2D eigenvalue weighted by Crippen LogP contribution is 2.38. The molecule has 0 radical (unpaired) electrons. The topological polar surface area (TPSA) is 87.6 Å². The van der Waals surface area contributed by atoms with Crippen LogP contribution in [0, 0.1) is 0 Å². The van der Waals surface area contributed by atoms with E-state index in [1.807, 2.05) is 67.4 Å². The Hall–Kier alpha value is -3.65. The maximum Gasteiger partial charge on any atom is 0.287 e. The number of hydrogen-bond acceptors (Lipinski definition) is 5. The highest BCUT2D eigenvalue weighted by Gasteiger charge is 2.32. The van der Waals surface area contributed by atoms with Gasteiger partial charge in [0.1, 0.15) is 16.5 Å². The standard InChI is InChI=1S/C25H24N4O3S/c1-17(2)32-20-7-5-6-19(14-20)29-23-12-13-26-16-24(23)33(30,31)28-25(29)11-10-18-15-27-22-9-4-3-8-21(18)22/h3-9,12-17,27H,10-11H2,1-2H3. The van der Waals surface area contributed by atoms with Crippen LogP contribution >= 0.6 is 0 Å². The lowest BCUT2D eigenvalue weighted by Gasteiger charge is -2.31. The number of benzene rings is 2. The van der Waals surface area contributed by atoms with Crippen molar-refractivity contribution in [1.82, 2.24) is 9.97 Å². The summed E-state index contributed by atoms with van der Waals surface area (Å²) in [4.78, 5) is 9.28. The molecule has 0 spiro atoms. The number of aromatic amines is 1. The minimum atomic E-state index is -3.85. The van der Waals surface area contributed by atoms with Crippen LogP contribution in [0.1, 0.15) is 25.8 Å². The molecule has 2 aromatic carbocycles. The number of fused-ring (bicyclic) bond motifs is 2. The Morgan fingerprint density at radius 2 is 1.91 bits per heavy atom. The van der Waals surface area contributed by atoms with E-state index in [0.29, 0.717) is 30.1 Å². The fraction of sp³-hybridized carbons (Fsp3) is 0.200. The summed E-state index contributed by atoms with van der Waals surface area (Å²) in [7, 11) is -3.85. The van der Waals surface area contributed by atoms with Crippen molar-refractivity contribution in [2.75, 3.05) is 4.90 Å². The van der Waals surface area contributed by atoms with Gasteiger partial charge in [0.15, 0.2) is 0 Å². The first-order valence-corrected chi connectivity index (χ1v) is 12.3. The molecule has 0 fully saturated rings. The van der Waals surface area contributed by atoms with Crippen molar-refractivity contribution < 1.29 is 13.2 Å². The highest BCUT2D eigenvalue weighted by atomic mass is 32.2. The van der Waals surface area contributed by atoms with Gasteiger partial charge in [-0.25, -0.2) is 0 Å². The second-order valence-electron chi connectivity index (χ2n) is 8.18. The van der Waals surface area contributed by atoms with E-state index in [1.54, 1.807) is 12.3 Å². The maximum absolute atomic E-state index is 13.0. The summed E-state index contributed by atoms with van der Waals surface area (Å²) >= 11 is 0. The molecule has 3 heterocycles. The number of anilines is 2. The Morgan fingerprint density at radius 1 is 1.06 bits per heavy atom. The minimum absolute atomic E-state index is 0.0217. The second-order valence-corrected chi connectivity index (χ2v) is 9.76. The summed E-state index contributed by atoms with van der Waals surface area (Å²) in [6.07, 6.45) is 6.02. The number of ether oxygens (including phenoxy) is 1. The molecule has 1 aliphatic heterocycles. The molecule has 7 nitrogen and oxygen atoms in total. The molecule has 0 amide bonds. The molecule has 0 bridgehead atoms. The van der Waals surface area contributed by atoms with Gasteiger partial charge in [-0.2, -0.15) is 8.42 Å². The third kappa shape index (κ3) is 4.09. The zero-order valence-electron chi connectivity index (χ0n) is 18.4. The molecular weight excluding hydrogens is 436 g/mol. The molecule has 5 rings (SSSR count). The Labute approximate surface area is 192 Å². The predicted octanol–water partition coefficient (Wildman–Crippen LogP) is 5.22. The molecule has 0 saturated carbocycles. The fourth-order valence-corrected chi connectivity index (χ4v) is 5.29. The Morgan fingerprint density at radius 3 is 2.76 bits per heavy atom. The number of amidine groups is 1. The first kappa shape index (κ1) is 21.2. The van der Waals surface area contributed by atoms with Gasteiger partial charge in [-0.1, -0.05) is 24.3 Å². The van der Waals surface area contributed by atoms with Crippen molar-refractivity contribution in [3.05, 3.63) is 78.8 Å². The molecule has 0 unspecified atom stereocenters. The summed E-state index contributed by atoms with van der Waals surface area (Å²) in [6, 6.07) is 17.4. The molecule has 8 heteroatoms. The van der Waals surface area contributed by atoms with Crippen LogP contribution in [0.2, 0.25) is 0 Å². The van der Waals surface area contributed by atoms with Crippen molar-refractivity contribution in [1.29, 1.82) is 0 Å². The first-order chi connectivity index (χ1) is 15.9. The van der Waals surface area contributed by atoms with Crippen LogP contribution in [0.4, 0.5) is 11.4 Å². The molecule has 1 aliphatic rings. The number of nitrogens with one attached hydrogen (secondary N) is 1. The summed E-state index contributed by atoms with van der Waals surface area (Å²) < 4.78 is 36.0. The van der Waals surface area contributed by atoms with Crippen molar-refractivity contribution >= 4 is 38.1 Å². The Bertz CT molecular complexity index is 1460. The Balaban J connectivity index is 1.56. The Kier molecular flexibility index (Phi) is 5.38. The number of sulfonamides is 1. The van der Waals surface area contributed by atoms with Gasteiger partial charge in [0.2, 0.25) is 0 Å². The van der Waals surface area contributed by atoms with Crippen molar-refractivity contribution in [2.45, 2.75) is 37.7 Å². The number of rotatable bonds is 6. The molecule has 4 aromatic rings. The van der Waals surface area contributed by atoms with Crippen molar-refractivity contribution in [3.63, 3.8) is 0 Å². The third-order valence-corrected chi connectivity index (χ3v) is 6.83.